The van der Waals surface area contributed by atoms with Gasteiger partial charge in [-0.3, -0.25) is 4.68 Å². The first-order chi connectivity index (χ1) is 8.99. The van der Waals surface area contributed by atoms with E-state index in [0.29, 0.717) is 18.3 Å². The van der Waals surface area contributed by atoms with Crippen molar-refractivity contribution < 1.29 is 8.42 Å². The fraction of sp³-hybridized carbons (Fsp3) is 0.727. The van der Waals surface area contributed by atoms with Crippen LogP contribution in [-0.4, -0.2) is 49.8 Å². The van der Waals surface area contributed by atoms with Crippen molar-refractivity contribution >= 4 is 21.8 Å². The molecule has 19 heavy (non-hydrogen) atoms. The van der Waals surface area contributed by atoms with Crippen LogP contribution in [0.2, 0.25) is 0 Å². The number of hydrogen-bond acceptors (Lipinski definition) is 5. The maximum Gasteiger partial charge on any atom is 0.243 e. The Bertz CT molecular complexity index is 473. The van der Waals surface area contributed by atoms with Crippen molar-refractivity contribution in [1.82, 2.24) is 19.8 Å². The second kappa shape index (κ2) is 7.88. The molecule has 0 fully saturated rings. The third-order valence-electron chi connectivity index (χ3n) is 2.76. The van der Waals surface area contributed by atoms with E-state index in [9.17, 15) is 8.42 Å². The van der Waals surface area contributed by atoms with Gasteiger partial charge in [0.2, 0.25) is 10.0 Å². The highest BCUT2D eigenvalue weighted by Gasteiger charge is 2.16. The second-order valence-corrected chi connectivity index (χ2v) is 7.32. The highest BCUT2D eigenvalue weighted by molar-refractivity contribution is 7.99. The Hall–Kier alpha value is -0.570. The molecule has 0 bridgehead atoms. The van der Waals surface area contributed by atoms with Crippen molar-refractivity contribution in [3.63, 3.8) is 0 Å². The molecule has 0 aliphatic rings. The van der Waals surface area contributed by atoms with Gasteiger partial charge >= 0.3 is 0 Å². The molecule has 1 aromatic rings. The highest BCUT2D eigenvalue weighted by Crippen LogP contribution is 2.10. The normalized spacial score (nSPS) is 13.6. The minimum absolute atomic E-state index is 0.223. The van der Waals surface area contributed by atoms with E-state index in [1.165, 1.54) is 6.20 Å². The van der Waals surface area contributed by atoms with Gasteiger partial charge in [0.15, 0.2) is 0 Å². The standard InChI is InChI=1S/C11H22N4O2S2/c1-10(18-3)4-5-14-19(16,17)11-8-13-15(9-11)7-6-12-2/h8-10,12,14H,4-7H2,1-3H3. The largest absolute Gasteiger partial charge is 0.318 e. The quantitative estimate of drug-likeness (QED) is 0.696. The fourth-order valence-electron chi connectivity index (χ4n) is 1.43. The van der Waals surface area contributed by atoms with Gasteiger partial charge in [0.05, 0.1) is 12.7 Å². The van der Waals surface area contributed by atoms with Crippen LogP contribution in [0.4, 0.5) is 0 Å². The van der Waals surface area contributed by atoms with Gasteiger partial charge in [-0.05, 0) is 19.7 Å². The highest BCUT2D eigenvalue weighted by atomic mass is 32.2. The van der Waals surface area contributed by atoms with E-state index in [-0.39, 0.29) is 4.90 Å². The number of rotatable bonds is 9. The molecular formula is C11H22N4O2S2. The lowest BCUT2D eigenvalue weighted by Crippen LogP contribution is -2.26. The van der Waals surface area contributed by atoms with E-state index in [1.54, 1.807) is 22.6 Å². The maximum atomic E-state index is 12.0. The lowest BCUT2D eigenvalue weighted by molar-refractivity contribution is 0.574. The van der Waals surface area contributed by atoms with E-state index in [2.05, 4.69) is 22.1 Å². The molecular weight excluding hydrogens is 284 g/mol. The Balaban J connectivity index is 2.54. The first-order valence-corrected chi connectivity index (χ1v) is 8.96. The first-order valence-electron chi connectivity index (χ1n) is 6.19. The molecule has 2 N–H and O–H groups in total. The predicted octanol–water partition coefficient (Wildman–Crippen LogP) is 0.522. The van der Waals surface area contributed by atoms with Gasteiger partial charge in [-0.15, -0.1) is 0 Å². The first kappa shape index (κ1) is 16.5. The monoisotopic (exact) mass is 306 g/mol. The number of likely N-dealkylation sites (N-methyl/N-ethyl adjacent to an activating group) is 1. The summed E-state index contributed by atoms with van der Waals surface area (Å²) in [5, 5.41) is 7.47. The number of thioether (sulfide) groups is 1. The summed E-state index contributed by atoms with van der Waals surface area (Å²) in [6.45, 7) is 3.93. The molecule has 6 nitrogen and oxygen atoms in total. The molecule has 110 valence electrons. The van der Waals surface area contributed by atoms with Gasteiger partial charge in [0.1, 0.15) is 4.90 Å². The van der Waals surface area contributed by atoms with Crippen LogP contribution < -0.4 is 10.0 Å². The molecule has 0 spiro atoms. The minimum Gasteiger partial charge on any atom is -0.318 e. The zero-order valence-corrected chi connectivity index (χ0v) is 13.2. The summed E-state index contributed by atoms with van der Waals surface area (Å²) in [6.07, 6.45) is 5.77. The molecule has 0 aliphatic heterocycles. The van der Waals surface area contributed by atoms with Crippen LogP contribution in [0.15, 0.2) is 17.3 Å². The molecule has 1 aromatic heterocycles. The van der Waals surface area contributed by atoms with E-state index in [1.807, 2.05) is 13.3 Å². The molecule has 0 aliphatic carbocycles. The second-order valence-electron chi connectivity index (χ2n) is 4.28. The van der Waals surface area contributed by atoms with Crippen LogP contribution in [0, 0.1) is 0 Å². The Labute approximate surface area is 119 Å². The molecule has 0 saturated heterocycles. The third-order valence-corrected chi connectivity index (χ3v) is 5.21. The van der Waals surface area contributed by atoms with E-state index in [0.717, 1.165) is 13.0 Å². The number of aromatic nitrogens is 2. The molecule has 0 amide bonds. The van der Waals surface area contributed by atoms with Crippen molar-refractivity contribution in [2.45, 2.75) is 30.0 Å². The summed E-state index contributed by atoms with van der Waals surface area (Å²) in [5.74, 6) is 0. The molecule has 1 atom stereocenters. The molecule has 0 saturated carbocycles. The Morgan fingerprint density at radius 1 is 1.47 bits per heavy atom. The van der Waals surface area contributed by atoms with Crippen molar-refractivity contribution in [2.75, 3.05) is 26.4 Å². The third kappa shape index (κ3) is 5.52. The van der Waals surface area contributed by atoms with Gasteiger partial charge < -0.3 is 5.32 Å². The lowest BCUT2D eigenvalue weighted by atomic mass is 10.3. The molecule has 1 unspecified atom stereocenters. The minimum atomic E-state index is -3.43. The van der Waals surface area contributed by atoms with Crippen molar-refractivity contribution in [3.8, 4) is 0 Å². The number of sulfonamides is 1. The lowest BCUT2D eigenvalue weighted by Gasteiger charge is -2.08. The average Bonchev–Trinajstić information content (AvgIpc) is 2.85. The number of hydrogen-bond donors (Lipinski definition) is 2. The van der Waals surface area contributed by atoms with Crippen molar-refractivity contribution in [2.24, 2.45) is 0 Å². The molecule has 8 heteroatoms. The van der Waals surface area contributed by atoms with Gasteiger partial charge in [-0.2, -0.15) is 16.9 Å². The van der Waals surface area contributed by atoms with Crippen molar-refractivity contribution in [3.05, 3.63) is 12.4 Å². The zero-order valence-electron chi connectivity index (χ0n) is 11.6. The van der Waals surface area contributed by atoms with E-state index in [4.69, 9.17) is 0 Å². The van der Waals surface area contributed by atoms with Crippen molar-refractivity contribution in [1.29, 1.82) is 0 Å². The van der Waals surface area contributed by atoms with Gasteiger partial charge in [-0.25, -0.2) is 13.1 Å². The Kier molecular flexibility index (Phi) is 6.84. The summed E-state index contributed by atoms with van der Waals surface area (Å²) in [7, 11) is -1.59. The number of nitrogens with one attached hydrogen (secondary N) is 2. The van der Waals surface area contributed by atoms with Crippen LogP contribution in [0.3, 0.4) is 0 Å². The SMILES string of the molecule is CNCCn1cc(S(=O)(=O)NCCC(C)SC)cn1. The van der Waals surface area contributed by atoms with E-state index < -0.39 is 10.0 Å². The van der Waals surface area contributed by atoms with Crippen LogP contribution in [0.25, 0.3) is 0 Å². The Morgan fingerprint density at radius 3 is 2.84 bits per heavy atom. The summed E-state index contributed by atoms with van der Waals surface area (Å²) in [5.41, 5.74) is 0. The summed E-state index contributed by atoms with van der Waals surface area (Å²) in [4.78, 5) is 0.223. The van der Waals surface area contributed by atoms with E-state index >= 15 is 0 Å². The summed E-state index contributed by atoms with van der Waals surface area (Å²) < 4.78 is 28.2. The van der Waals surface area contributed by atoms with Crippen LogP contribution in [0.1, 0.15) is 13.3 Å². The average molecular weight is 306 g/mol. The Morgan fingerprint density at radius 2 is 2.21 bits per heavy atom. The zero-order chi connectivity index (χ0) is 14.3. The predicted molar refractivity (Wildman–Crippen MR) is 78.9 cm³/mol. The maximum absolute atomic E-state index is 12.0. The fourth-order valence-corrected chi connectivity index (χ4v) is 2.78. The van der Waals surface area contributed by atoms with Crippen LogP contribution >= 0.6 is 11.8 Å². The van der Waals surface area contributed by atoms with Crippen LogP contribution in [-0.2, 0) is 16.6 Å². The molecule has 1 heterocycles. The molecule has 1 rings (SSSR count). The summed E-state index contributed by atoms with van der Waals surface area (Å²) in [6, 6.07) is 0. The topological polar surface area (TPSA) is 76.0 Å². The summed E-state index contributed by atoms with van der Waals surface area (Å²) >= 11 is 1.73. The van der Waals surface area contributed by atoms with Crippen LogP contribution in [0.5, 0.6) is 0 Å². The smallest absolute Gasteiger partial charge is 0.243 e. The van der Waals surface area contributed by atoms with Gasteiger partial charge in [0.25, 0.3) is 0 Å². The van der Waals surface area contributed by atoms with Gasteiger partial charge in [0, 0.05) is 24.5 Å². The number of nitrogens with zero attached hydrogens (tertiary/aromatic N) is 2. The van der Waals surface area contributed by atoms with Gasteiger partial charge in [-0.1, -0.05) is 6.92 Å². The molecule has 0 aromatic carbocycles. The molecule has 0 radical (unpaired) electrons.